The number of imidazole rings is 1. The lowest BCUT2D eigenvalue weighted by atomic mass is 9.81. The Bertz CT molecular complexity index is 987. The van der Waals surface area contributed by atoms with Gasteiger partial charge in [-0.3, -0.25) is 4.79 Å². The monoisotopic (exact) mass is 402 g/mol. The molecular formula is C25H30N4O. The molecule has 2 N–H and O–H groups in total. The zero-order valence-electron chi connectivity index (χ0n) is 17.9. The number of piperidine rings is 1. The number of carbonyl (C=O) groups is 1. The summed E-state index contributed by atoms with van der Waals surface area (Å²) in [4.78, 5) is 19.7. The molecule has 0 spiro atoms. The Kier molecular flexibility index (Phi) is 6.15. The van der Waals surface area contributed by atoms with Crippen LogP contribution in [0.5, 0.6) is 0 Å². The number of aromatic nitrogens is 2. The van der Waals surface area contributed by atoms with Crippen LogP contribution in [0.1, 0.15) is 91.3 Å². The second kappa shape index (κ2) is 8.97. The minimum atomic E-state index is -0.0778. The van der Waals surface area contributed by atoms with Gasteiger partial charge in [-0.15, -0.1) is 0 Å². The van der Waals surface area contributed by atoms with Gasteiger partial charge < -0.3 is 10.3 Å². The number of rotatable bonds is 5. The van der Waals surface area contributed by atoms with Crippen LogP contribution in [-0.2, 0) is 6.42 Å². The van der Waals surface area contributed by atoms with E-state index in [1.807, 2.05) is 6.07 Å². The summed E-state index contributed by atoms with van der Waals surface area (Å²) in [6, 6.07) is 9.74. The summed E-state index contributed by atoms with van der Waals surface area (Å²) in [7, 11) is 0. The predicted octanol–water partition coefficient (Wildman–Crippen LogP) is 4.91. The van der Waals surface area contributed by atoms with Gasteiger partial charge in [0.25, 0.3) is 0 Å². The molecule has 2 aromatic rings. The molecule has 1 aromatic heterocycles. The van der Waals surface area contributed by atoms with E-state index in [4.69, 9.17) is 5.26 Å². The molecule has 30 heavy (non-hydrogen) atoms. The lowest BCUT2D eigenvalue weighted by Gasteiger charge is -2.33. The Morgan fingerprint density at radius 2 is 2.03 bits per heavy atom. The van der Waals surface area contributed by atoms with Gasteiger partial charge in [-0.25, -0.2) is 4.98 Å². The van der Waals surface area contributed by atoms with E-state index in [1.165, 1.54) is 35.7 Å². The van der Waals surface area contributed by atoms with E-state index in [1.54, 1.807) is 0 Å². The van der Waals surface area contributed by atoms with Crippen LogP contribution in [0.25, 0.3) is 5.57 Å². The van der Waals surface area contributed by atoms with Crippen molar-refractivity contribution in [1.82, 2.24) is 15.3 Å². The van der Waals surface area contributed by atoms with Crippen LogP contribution in [0.2, 0.25) is 0 Å². The molecule has 4 rings (SSSR count). The Morgan fingerprint density at radius 3 is 2.70 bits per heavy atom. The third-order valence-corrected chi connectivity index (χ3v) is 6.40. The van der Waals surface area contributed by atoms with Crippen molar-refractivity contribution in [2.24, 2.45) is 0 Å². The first kappa shape index (κ1) is 20.6. The molecule has 1 aliphatic heterocycles. The van der Waals surface area contributed by atoms with Crippen LogP contribution in [0.4, 0.5) is 0 Å². The average Bonchev–Trinajstić information content (AvgIpc) is 3.23. The molecule has 0 amide bonds. The molecule has 156 valence electrons. The summed E-state index contributed by atoms with van der Waals surface area (Å²) in [6.07, 6.45) is 11.0. The van der Waals surface area contributed by atoms with Gasteiger partial charge in [-0.2, -0.15) is 5.26 Å². The fraction of sp³-hybridized carbons (Fsp3) is 0.480. The average molecular weight is 403 g/mol. The maximum atomic E-state index is 12.8. The lowest BCUT2D eigenvalue weighted by molar-refractivity contribution is 0.0984. The summed E-state index contributed by atoms with van der Waals surface area (Å²) in [5.41, 5.74) is 5.36. The van der Waals surface area contributed by atoms with Crippen molar-refractivity contribution in [1.29, 1.82) is 5.26 Å². The van der Waals surface area contributed by atoms with Crippen molar-refractivity contribution in [2.75, 3.05) is 0 Å². The molecule has 1 fully saturated rings. The van der Waals surface area contributed by atoms with Crippen molar-refractivity contribution in [3.8, 4) is 6.07 Å². The van der Waals surface area contributed by atoms with E-state index in [0.29, 0.717) is 30.1 Å². The molecule has 3 atom stereocenters. The van der Waals surface area contributed by atoms with Gasteiger partial charge in [-0.1, -0.05) is 24.3 Å². The van der Waals surface area contributed by atoms with Crippen molar-refractivity contribution in [2.45, 2.75) is 76.8 Å². The van der Waals surface area contributed by atoms with Gasteiger partial charge in [0.1, 0.15) is 11.8 Å². The van der Waals surface area contributed by atoms with Crippen LogP contribution >= 0.6 is 0 Å². The molecule has 5 nitrogen and oxygen atoms in total. The highest BCUT2D eigenvalue weighted by atomic mass is 16.1. The van der Waals surface area contributed by atoms with Gasteiger partial charge in [0.2, 0.25) is 5.78 Å². The minimum Gasteiger partial charge on any atom is -0.327 e. The second-order valence-electron chi connectivity index (χ2n) is 8.89. The highest BCUT2D eigenvalue weighted by Gasteiger charge is 2.26. The number of aromatic amines is 1. The first-order valence-corrected chi connectivity index (χ1v) is 11.1. The van der Waals surface area contributed by atoms with Crippen molar-refractivity contribution in [3.05, 3.63) is 58.7 Å². The number of nitriles is 1. The number of hydrogen-bond donors (Lipinski definition) is 2. The molecule has 2 aliphatic rings. The van der Waals surface area contributed by atoms with Crippen molar-refractivity contribution < 1.29 is 4.79 Å². The molecule has 1 aliphatic carbocycles. The number of H-pyrrole nitrogens is 1. The summed E-state index contributed by atoms with van der Waals surface area (Å²) < 4.78 is 0. The van der Waals surface area contributed by atoms with Crippen molar-refractivity contribution >= 4 is 11.4 Å². The lowest BCUT2D eigenvalue weighted by Crippen LogP contribution is -2.41. The van der Waals surface area contributed by atoms with E-state index in [0.717, 1.165) is 31.2 Å². The first-order chi connectivity index (χ1) is 14.5. The fourth-order valence-electron chi connectivity index (χ4n) is 5.00. The molecular weight excluding hydrogens is 372 g/mol. The number of carbonyl (C=O) groups excluding carboxylic acids is 1. The zero-order chi connectivity index (χ0) is 21.1. The third-order valence-electron chi connectivity index (χ3n) is 6.40. The molecule has 1 unspecified atom stereocenters. The SMILES string of the molecule is C[C@@H]1CC(c2ccc(CC(=O)c3ncc(C#N)[nH]3)c(C3=CCCCC3)c2)C[C@H](C)N1. The Balaban J connectivity index is 1.64. The van der Waals surface area contributed by atoms with E-state index in [2.05, 4.69) is 53.4 Å². The Morgan fingerprint density at radius 1 is 1.23 bits per heavy atom. The Hall–Kier alpha value is -2.71. The molecule has 1 aromatic carbocycles. The molecule has 2 heterocycles. The van der Waals surface area contributed by atoms with E-state index >= 15 is 0 Å². The Labute approximate surface area is 178 Å². The standard InChI is InChI=1S/C25H30N4O/c1-16-10-21(11-17(2)28-16)19-8-9-20(23(12-19)18-6-4-3-5-7-18)13-24(30)25-27-15-22(14-26)29-25/h6,8-9,12,15-17,21,28H,3-5,7,10-11,13H2,1-2H3,(H,27,29)/t16-,17+,21?. The highest BCUT2D eigenvalue weighted by Crippen LogP contribution is 2.35. The summed E-state index contributed by atoms with van der Waals surface area (Å²) in [5, 5.41) is 12.6. The summed E-state index contributed by atoms with van der Waals surface area (Å²) in [5.74, 6) is 0.735. The first-order valence-electron chi connectivity index (χ1n) is 11.1. The molecule has 0 radical (unpaired) electrons. The smallest absolute Gasteiger partial charge is 0.202 e. The van der Waals surface area contributed by atoms with E-state index in [-0.39, 0.29) is 11.6 Å². The number of nitrogens with one attached hydrogen (secondary N) is 2. The zero-order valence-corrected chi connectivity index (χ0v) is 17.9. The number of nitrogens with zero attached hydrogens (tertiary/aromatic N) is 2. The number of ketones is 1. The topological polar surface area (TPSA) is 81.6 Å². The minimum absolute atomic E-state index is 0.0778. The quantitative estimate of drug-likeness (QED) is 0.696. The molecule has 1 saturated heterocycles. The van der Waals surface area contributed by atoms with Gasteiger partial charge in [-0.05, 0) is 80.6 Å². The van der Waals surface area contributed by atoms with Crippen molar-refractivity contribution in [3.63, 3.8) is 0 Å². The van der Waals surface area contributed by atoms with Gasteiger partial charge >= 0.3 is 0 Å². The fourth-order valence-corrected chi connectivity index (χ4v) is 5.00. The van der Waals surface area contributed by atoms with Gasteiger partial charge in [0.15, 0.2) is 5.82 Å². The number of benzene rings is 1. The van der Waals surface area contributed by atoms with E-state index < -0.39 is 0 Å². The largest absolute Gasteiger partial charge is 0.327 e. The van der Waals surface area contributed by atoms with Crippen LogP contribution in [0.3, 0.4) is 0 Å². The summed E-state index contributed by atoms with van der Waals surface area (Å²) in [6.45, 7) is 4.53. The third kappa shape index (κ3) is 4.55. The van der Waals surface area contributed by atoms with E-state index in [9.17, 15) is 4.79 Å². The number of hydrogen-bond acceptors (Lipinski definition) is 4. The van der Waals surface area contributed by atoms with Crippen LogP contribution in [0.15, 0.2) is 30.5 Å². The maximum absolute atomic E-state index is 12.8. The number of Topliss-reactive ketones (excluding diaryl/α,β-unsaturated/α-hetero) is 1. The summed E-state index contributed by atoms with van der Waals surface area (Å²) >= 11 is 0. The highest BCUT2D eigenvalue weighted by molar-refractivity contribution is 5.95. The van der Waals surface area contributed by atoms with Crippen LogP contribution in [-0.4, -0.2) is 27.8 Å². The van der Waals surface area contributed by atoms with Gasteiger partial charge in [0.05, 0.1) is 6.20 Å². The predicted molar refractivity (Wildman–Crippen MR) is 118 cm³/mol. The molecule has 0 saturated carbocycles. The molecule has 0 bridgehead atoms. The second-order valence-corrected chi connectivity index (χ2v) is 8.89. The van der Waals surface area contributed by atoms with Gasteiger partial charge in [0, 0.05) is 18.5 Å². The van der Waals surface area contributed by atoms with Crippen LogP contribution in [0, 0.1) is 11.3 Å². The normalized spacial score (nSPS) is 24.2. The maximum Gasteiger partial charge on any atom is 0.202 e. The van der Waals surface area contributed by atoms with Crippen LogP contribution < -0.4 is 5.32 Å². The molecule has 5 heteroatoms. The number of allylic oxidation sites excluding steroid dienone is 2.